The maximum atomic E-state index is 13.9. The number of esters is 1. The number of anilines is 1. The van der Waals surface area contributed by atoms with Gasteiger partial charge in [0.2, 0.25) is 0 Å². The van der Waals surface area contributed by atoms with Crippen LogP contribution >= 0.6 is 23.4 Å². The van der Waals surface area contributed by atoms with E-state index in [-0.39, 0.29) is 5.82 Å². The molecule has 4 rings (SSSR count). The number of aromatic nitrogens is 2. The van der Waals surface area contributed by atoms with E-state index in [0.29, 0.717) is 49.7 Å². The first-order valence-electron chi connectivity index (χ1n) is 9.71. The number of methoxy groups -OCH3 is 1. The highest BCUT2D eigenvalue weighted by Crippen LogP contribution is 2.40. The standard InChI is InChI=1S/C23H19ClFN3O3S/c1-12-17(22(30)31-2)18(13-7-9-15(24)10-8-13)19-20(26-12)27-23(28-21(19)29)32-11-14-5-3-4-6-16(14)25/h3-10,18H,11H2,1-2H3,(H2,26,27,28,29). The third kappa shape index (κ3) is 4.28. The second kappa shape index (κ2) is 9.18. The van der Waals surface area contributed by atoms with Crippen molar-refractivity contribution < 1.29 is 13.9 Å². The van der Waals surface area contributed by atoms with E-state index in [1.165, 1.54) is 24.9 Å². The molecule has 6 nitrogen and oxygen atoms in total. The van der Waals surface area contributed by atoms with Crippen molar-refractivity contribution in [2.75, 3.05) is 12.4 Å². The van der Waals surface area contributed by atoms with Crippen LogP contribution < -0.4 is 10.9 Å². The Hall–Kier alpha value is -3.10. The van der Waals surface area contributed by atoms with E-state index < -0.39 is 17.4 Å². The Kier molecular flexibility index (Phi) is 6.34. The molecular weight excluding hydrogens is 453 g/mol. The molecule has 0 fully saturated rings. The third-order valence-electron chi connectivity index (χ3n) is 5.15. The zero-order valence-electron chi connectivity index (χ0n) is 17.2. The van der Waals surface area contributed by atoms with E-state index in [2.05, 4.69) is 15.3 Å². The summed E-state index contributed by atoms with van der Waals surface area (Å²) in [6.45, 7) is 1.73. The minimum Gasteiger partial charge on any atom is -0.466 e. The monoisotopic (exact) mass is 471 g/mol. The molecule has 0 aliphatic carbocycles. The van der Waals surface area contributed by atoms with E-state index in [4.69, 9.17) is 16.3 Å². The summed E-state index contributed by atoms with van der Waals surface area (Å²) >= 11 is 7.24. The Morgan fingerprint density at radius 2 is 1.94 bits per heavy atom. The maximum absolute atomic E-state index is 13.9. The van der Waals surface area contributed by atoms with E-state index in [1.54, 1.807) is 49.4 Å². The highest BCUT2D eigenvalue weighted by atomic mass is 35.5. The molecule has 1 aliphatic rings. The number of carbonyl (C=O) groups excluding carboxylic acids is 1. The number of H-pyrrole nitrogens is 1. The fourth-order valence-electron chi connectivity index (χ4n) is 3.63. The van der Waals surface area contributed by atoms with Crippen molar-refractivity contribution in [3.8, 4) is 0 Å². The van der Waals surface area contributed by atoms with Crippen LogP contribution in [0.25, 0.3) is 0 Å². The number of hydrogen-bond donors (Lipinski definition) is 2. The van der Waals surface area contributed by atoms with Gasteiger partial charge in [-0.15, -0.1) is 0 Å². The fraction of sp³-hybridized carbons (Fsp3) is 0.174. The molecule has 1 atom stereocenters. The van der Waals surface area contributed by atoms with Gasteiger partial charge in [0, 0.05) is 16.5 Å². The average molecular weight is 472 g/mol. The number of hydrogen-bond acceptors (Lipinski definition) is 6. The zero-order chi connectivity index (χ0) is 22.8. The molecule has 9 heteroatoms. The van der Waals surface area contributed by atoms with Crippen LogP contribution in [0.2, 0.25) is 5.02 Å². The summed E-state index contributed by atoms with van der Waals surface area (Å²) in [4.78, 5) is 33.0. The predicted molar refractivity (Wildman–Crippen MR) is 122 cm³/mol. The predicted octanol–water partition coefficient (Wildman–Crippen LogP) is 4.86. The molecule has 0 saturated carbocycles. The molecule has 32 heavy (non-hydrogen) atoms. The fourth-order valence-corrected chi connectivity index (χ4v) is 4.60. The molecule has 0 saturated heterocycles. The lowest BCUT2D eigenvalue weighted by Gasteiger charge is -2.28. The van der Waals surface area contributed by atoms with Gasteiger partial charge in [-0.1, -0.05) is 53.7 Å². The molecule has 1 aliphatic heterocycles. The van der Waals surface area contributed by atoms with Crippen LogP contribution in [-0.4, -0.2) is 23.0 Å². The molecule has 0 bridgehead atoms. The van der Waals surface area contributed by atoms with Crippen LogP contribution in [0.5, 0.6) is 0 Å². The molecular formula is C23H19ClFN3O3S. The van der Waals surface area contributed by atoms with E-state index >= 15 is 0 Å². The van der Waals surface area contributed by atoms with Crippen LogP contribution in [0.1, 0.15) is 29.5 Å². The van der Waals surface area contributed by atoms with Gasteiger partial charge in [0.1, 0.15) is 11.6 Å². The van der Waals surface area contributed by atoms with E-state index in [0.717, 1.165) is 0 Å². The number of thioether (sulfide) groups is 1. The van der Waals surface area contributed by atoms with Gasteiger partial charge < -0.3 is 15.0 Å². The summed E-state index contributed by atoms with van der Waals surface area (Å²) in [6, 6.07) is 13.4. The van der Waals surface area contributed by atoms with Gasteiger partial charge in [-0.25, -0.2) is 14.2 Å². The summed E-state index contributed by atoms with van der Waals surface area (Å²) < 4.78 is 18.9. The molecule has 0 spiro atoms. The Morgan fingerprint density at radius 1 is 1.22 bits per heavy atom. The van der Waals surface area contributed by atoms with Gasteiger partial charge >= 0.3 is 5.97 Å². The number of halogens is 2. The Balaban J connectivity index is 1.76. The van der Waals surface area contributed by atoms with E-state index in [1.807, 2.05) is 0 Å². The van der Waals surface area contributed by atoms with Crippen molar-refractivity contribution >= 4 is 35.1 Å². The number of nitrogens with one attached hydrogen (secondary N) is 2. The molecule has 1 aromatic heterocycles. The molecule has 0 amide bonds. The highest BCUT2D eigenvalue weighted by Gasteiger charge is 2.36. The minimum absolute atomic E-state index is 0.300. The molecule has 0 radical (unpaired) electrons. The molecule has 2 heterocycles. The number of ether oxygens (including phenoxy) is 1. The number of allylic oxidation sites excluding steroid dienone is 1. The first kappa shape index (κ1) is 22.1. The van der Waals surface area contributed by atoms with Crippen molar-refractivity contribution in [1.82, 2.24) is 9.97 Å². The summed E-state index contributed by atoms with van der Waals surface area (Å²) in [5, 5.41) is 3.94. The largest absolute Gasteiger partial charge is 0.466 e. The van der Waals surface area contributed by atoms with Crippen LogP contribution in [0.4, 0.5) is 10.2 Å². The normalized spacial score (nSPS) is 15.2. The number of fused-ring (bicyclic) bond motifs is 1. The van der Waals surface area contributed by atoms with Crippen LogP contribution in [0.15, 0.2) is 69.8 Å². The van der Waals surface area contributed by atoms with Crippen LogP contribution in [0.3, 0.4) is 0 Å². The molecule has 2 aromatic carbocycles. The van der Waals surface area contributed by atoms with Crippen molar-refractivity contribution in [2.24, 2.45) is 0 Å². The third-order valence-corrected chi connectivity index (χ3v) is 6.33. The summed E-state index contributed by atoms with van der Waals surface area (Å²) in [7, 11) is 1.29. The van der Waals surface area contributed by atoms with Gasteiger partial charge in [0.05, 0.1) is 24.2 Å². The lowest BCUT2D eigenvalue weighted by molar-refractivity contribution is -0.136. The molecule has 1 unspecified atom stereocenters. The highest BCUT2D eigenvalue weighted by molar-refractivity contribution is 7.98. The number of nitrogens with zero attached hydrogens (tertiary/aromatic N) is 1. The van der Waals surface area contributed by atoms with Gasteiger partial charge in [-0.2, -0.15) is 0 Å². The quantitative estimate of drug-likeness (QED) is 0.314. The smallest absolute Gasteiger partial charge is 0.336 e. The second-order valence-corrected chi connectivity index (χ2v) is 8.55. The Labute approximate surface area is 192 Å². The van der Waals surface area contributed by atoms with E-state index in [9.17, 15) is 14.0 Å². The second-order valence-electron chi connectivity index (χ2n) is 7.15. The molecule has 164 valence electrons. The van der Waals surface area contributed by atoms with Gasteiger partial charge in [0.15, 0.2) is 5.16 Å². The first-order valence-corrected chi connectivity index (χ1v) is 11.1. The SMILES string of the molecule is COC(=O)C1=C(C)Nc2nc(SCc3ccccc3F)[nH]c(=O)c2C1c1ccc(Cl)cc1. The lowest BCUT2D eigenvalue weighted by Crippen LogP contribution is -2.30. The zero-order valence-corrected chi connectivity index (χ0v) is 18.8. The number of carbonyl (C=O) groups is 1. The van der Waals surface area contributed by atoms with Gasteiger partial charge in [-0.05, 0) is 36.2 Å². The first-order chi connectivity index (χ1) is 15.4. The van der Waals surface area contributed by atoms with Crippen LogP contribution in [0, 0.1) is 5.82 Å². The number of rotatable bonds is 5. The summed E-state index contributed by atoms with van der Waals surface area (Å²) in [5.41, 5.74) is 1.97. The average Bonchev–Trinajstić information content (AvgIpc) is 2.77. The van der Waals surface area contributed by atoms with Crippen molar-refractivity contribution in [3.05, 3.63) is 97.7 Å². The van der Waals surface area contributed by atoms with Crippen molar-refractivity contribution in [3.63, 3.8) is 0 Å². The maximum Gasteiger partial charge on any atom is 0.336 e. The topological polar surface area (TPSA) is 84.1 Å². The van der Waals surface area contributed by atoms with Crippen molar-refractivity contribution in [2.45, 2.75) is 23.8 Å². The minimum atomic E-state index is -0.683. The Bertz CT molecular complexity index is 1270. The van der Waals surface area contributed by atoms with Gasteiger partial charge in [0.25, 0.3) is 5.56 Å². The molecule has 3 aromatic rings. The van der Waals surface area contributed by atoms with Gasteiger partial charge in [-0.3, -0.25) is 4.79 Å². The number of benzene rings is 2. The van der Waals surface area contributed by atoms with Crippen LogP contribution in [-0.2, 0) is 15.3 Å². The lowest BCUT2D eigenvalue weighted by atomic mass is 9.82. The Morgan fingerprint density at radius 3 is 2.62 bits per heavy atom. The summed E-state index contributed by atoms with van der Waals surface area (Å²) in [6.07, 6.45) is 0. The van der Waals surface area contributed by atoms with Crippen molar-refractivity contribution in [1.29, 1.82) is 0 Å². The summed E-state index contributed by atoms with van der Waals surface area (Å²) in [5.74, 6) is -0.898. The number of aromatic amines is 1. The molecule has 2 N–H and O–H groups in total.